The fourth-order valence-electron chi connectivity index (χ4n) is 3.04. The van der Waals surface area contributed by atoms with Crippen LogP contribution in [0.3, 0.4) is 0 Å². The van der Waals surface area contributed by atoms with Crippen LogP contribution < -0.4 is 5.32 Å². The van der Waals surface area contributed by atoms with Gasteiger partial charge in [-0.3, -0.25) is 4.68 Å². The van der Waals surface area contributed by atoms with Crippen LogP contribution in [0, 0.1) is 0 Å². The van der Waals surface area contributed by atoms with Crippen molar-refractivity contribution in [2.75, 3.05) is 6.61 Å². The van der Waals surface area contributed by atoms with Gasteiger partial charge in [-0.1, -0.05) is 17.7 Å². The molecule has 0 saturated carbocycles. The minimum Gasteiger partial charge on any atom is -0.389 e. The van der Waals surface area contributed by atoms with Crippen molar-refractivity contribution in [2.24, 2.45) is 0 Å². The zero-order chi connectivity index (χ0) is 15.1. The van der Waals surface area contributed by atoms with Crippen molar-refractivity contribution in [3.8, 4) is 0 Å². The molecule has 5 unspecified atom stereocenters. The van der Waals surface area contributed by atoms with Crippen LogP contribution in [-0.2, 0) is 16.0 Å². The number of halogens is 1. The number of hydrogen-bond donors (Lipinski definition) is 2. The zero-order valence-corrected chi connectivity index (χ0v) is 13.2. The number of aromatic nitrogens is 2. The third-order valence-corrected chi connectivity index (χ3v) is 5.17. The lowest BCUT2D eigenvalue weighted by molar-refractivity contribution is -0.168. The van der Waals surface area contributed by atoms with Crippen LogP contribution in [0.1, 0.15) is 10.9 Å². The molecule has 0 aromatic carbocycles. The number of aliphatic hydroxyl groups excluding tert-OH is 1. The van der Waals surface area contributed by atoms with E-state index in [0.717, 1.165) is 0 Å². The number of nitrogens with one attached hydrogen (secondary N) is 1. The quantitative estimate of drug-likeness (QED) is 0.880. The minimum absolute atomic E-state index is 0.151. The first kappa shape index (κ1) is 14.6. The Balaban J connectivity index is 1.53. The van der Waals surface area contributed by atoms with Gasteiger partial charge in [0.05, 0.1) is 30.0 Å². The third kappa shape index (κ3) is 2.58. The predicted molar refractivity (Wildman–Crippen MR) is 81.8 cm³/mol. The first-order chi connectivity index (χ1) is 10.7. The Morgan fingerprint density at radius 1 is 1.55 bits per heavy atom. The standard InChI is InChI=1S/C14H16ClN3O3S/c15-8-4-17-18(6-8)12-13(19)11(10-7-20-14(12)21-10)16-5-9-2-1-3-22-9/h1-4,6,10-14,16,19H,5,7H2. The van der Waals surface area contributed by atoms with Gasteiger partial charge in [-0.05, 0) is 11.4 Å². The van der Waals surface area contributed by atoms with Crippen LogP contribution in [0.5, 0.6) is 0 Å². The van der Waals surface area contributed by atoms with Gasteiger partial charge in [0, 0.05) is 17.6 Å². The summed E-state index contributed by atoms with van der Waals surface area (Å²) in [5.74, 6) is 0. The van der Waals surface area contributed by atoms with Gasteiger partial charge in [-0.15, -0.1) is 11.3 Å². The Morgan fingerprint density at radius 3 is 3.18 bits per heavy atom. The Labute approximate surface area is 136 Å². The fraction of sp³-hybridized carbons (Fsp3) is 0.500. The molecule has 2 saturated heterocycles. The molecule has 4 rings (SSSR count). The molecule has 6 nitrogen and oxygen atoms in total. The van der Waals surface area contributed by atoms with E-state index in [1.54, 1.807) is 28.4 Å². The fourth-order valence-corrected chi connectivity index (χ4v) is 3.84. The second kappa shape index (κ2) is 5.92. The van der Waals surface area contributed by atoms with Crippen LogP contribution >= 0.6 is 22.9 Å². The van der Waals surface area contributed by atoms with Crippen LogP contribution in [0.15, 0.2) is 29.9 Å². The summed E-state index contributed by atoms with van der Waals surface area (Å²) in [4.78, 5) is 1.21. The summed E-state index contributed by atoms with van der Waals surface area (Å²) >= 11 is 7.61. The maximum absolute atomic E-state index is 10.8. The Hall–Kier alpha value is -0.960. The van der Waals surface area contributed by atoms with Gasteiger partial charge in [0.15, 0.2) is 6.29 Å². The molecule has 22 heavy (non-hydrogen) atoms. The van der Waals surface area contributed by atoms with E-state index in [4.69, 9.17) is 21.1 Å². The normalized spacial score (nSPS) is 34.2. The average Bonchev–Trinajstić information content (AvgIpc) is 3.22. The molecule has 0 aliphatic carbocycles. The molecule has 4 heterocycles. The molecule has 2 N–H and O–H groups in total. The summed E-state index contributed by atoms with van der Waals surface area (Å²) in [5.41, 5.74) is 0. The summed E-state index contributed by atoms with van der Waals surface area (Å²) < 4.78 is 13.2. The first-order valence-corrected chi connectivity index (χ1v) is 8.39. The van der Waals surface area contributed by atoms with Crippen molar-refractivity contribution in [3.05, 3.63) is 39.8 Å². The smallest absolute Gasteiger partial charge is 0.183 e. The van der Waals surface area contributed by atoms with E-state index in [0.29, 0.717) is 18.2 Å². The maximum Gasteiger partial charge on any atom is 0.183 e. The van der Waals surface area contributed by atoms with E-state index in [1.165, 1.54) is 4.88 Å². The van der Waals surface area contributed by atoms with Crippen LogP contribution in [-0.4, -0.2) is 46.0 Å². The SMILES string of the molecule is OC1C(NCc2cccs2)C2COC(O2)C1n1cc(Cl)cn1. The summed E-state index contributed by atoms with van der Waals surface area (Å²) in [6, 6.07) is 3.45. The van der Waals surface area contributed by atoms with Crippen LogP contribution in [0.4, 0.5) is 0 Å². The number of rotatable bonds is 4. The Morgan fingerprint density at radius 2 is 2.45 bits per heavy atom. The topological polar surface area (TPSA) is 68.5 Å². The van der Waals surface area contributed by atoms with Gasteiger partial charge in [-0.2, -0.15) is 5.10 Å². The second-order valence-corrected chi connectivity index (χ2v) is 6.95. The molecular formula is C14H16ClN3O3S. The Kier molecular flexibility index (Phi) is 3.93. The predicted octanol–water partition coefficient (Wildman–Crippen LogP) is 1.41. The molecular weight excluding hydrogens is 326 g/mol. The van der Waals surface area contributed by atoms with Crippen LogP contribution in [0.2, 0.25) is 5.02 Å². The summed E-state index contributed by atoms with van der Waals surface area (Å²) in [7, 11) is 0. The lowest BCUT2D eigenvalue weighted by Gasteiger charge is -2.38. The highest BCUT2D eigenvalue weighted by atomic mass is 35.5. The van der Waals surface area contributed by atoms with Gasteiger partial charge >= 0.3 is 0 Å². The maximum atomic E-state index is 10.8. The summed E-state index contributed by atoms with van der Waals surface area (Å²) in [5, 5.41) is 20.9. The molecule has 0 spiro atoms. The molecule has 118 valence electrons. The zero-order valence-electron chi connectivity index (χ0n) is 11.6. The van der Waals surface area contributed by atoms with Crippen molar-refractivity contribution in [2.45, 2.75) is 37.1 Å². The molecule has 0 amide bonds. The van der Waals surface area contributed by atoms with Crippen molar-refractivity contribution >= 4 is 22.9 Å². The van der Waals surface area contributed by atoms with Gasteiger partial charge < -0.3 is 19.9 Å². The lowest BCUT2D eigenvalue weighted by Crippen LogP contribution is -2.57. The summed E-state index contributed by atoms with van der Waals surface area (Å²) in [6.45, 7) is 1.16. The monoisotopic (exact) mass is 341 g/mol. The highest BCUT2D eigenvalue weighted by molar-refractivity contribution is 7.09. The van der Waals surface area contributed by atoms with Gasteiger partial charge in [0.1, 0.15) is 12.1 Å². The second-order valence-electron chi connectivity index (χ2n) is 5.48. The minimum atomic E-state index is -0.665. The molecule has 8 heteroatoms. The Bertz CT molecular complexity index is 635. The van der Waals surface area contributed by atoms with Gasteiger partial charge in [0.2, 0.25) is 0 Å². The highest BCUT2D eigenvalue weighted by Crippen LogP contribution is 2.35. The average molecular weight is 342 g/mol. The first-order valence-electron chi connectivity index (χ1n) is 7.13. The van der Waals surface area contributed by atoms with Crippen LogP contribution in [0.25, 0.3) is 0 Å². The molecule has 0 radical (unpaired) electrons. The van der Waals surface area contributed by atoms with Crippen molar-refractivity contribution in [1.82, 2.24) is 15.1 Å². The molecule has 2 aliphatic rings. The molecule has 2 aromatic heterocycles. The third-order valence-electron chi connectivity index (χ3n) is 4.10. The van der Waals surface area contributed by atoms with E-state index >= 15 is 0 Å². The van der Waals surface area contributed by atoms with Crippen molar-refractivity contribution < 1.29 is 14.6 Å². The number of fused-ring (bicyclic) bond motifs is 2. The molecule has 2 aliphatic heterocycles. The lowest BCUT2D eigenvalue weighted by atomic mass is 9.96. The van der Waals surface area contributed by atoms with E-state index in [9.17, 15) is 5.11 Å². The molecule has 2 bridgehead atoms. The largest absolute Gasteiger partial charge is 0.389 e. The molecule has 2 fully saturated rings. The number of hydrogen-bond acceptors (Lipinski definition) is 6. The van der Waals surface area contributed by atoms with Crippen molar-refractivity contribution in [1.29, 1.82) is 0 Å². The van der Waals surface area contributed by atoms with E-state index in [2.05, 4.69) is 16.5 Å². The number of thiophene rings is 1. The van der Waals surface area contributed by atoms with Gasteiger partial charge in [0.25, 0.3) is 0 Å². The number of aliphatic hydroxyl groups is 1. The highest BCUT2D eigenvalue weighted by Gasteiger charge is 2.51. The number of ether oxygens (including phenoxy) is 2. The summed E-state index contributed by atoms with van der Waals surface area (Å²) in [6.07, 6.45) is 1.92. The van der Waals surface area contributed by atoms with Crippen molar-refractivity contribution in [3.63, 3.8) is 0 Å². The number of nitrogens with zero attached hydrogens (tertiary/aromatic N) is 2. The van der Waals surface area contributed by atoms with Gasteiger partial charge in [-0.25, -0.2) is 0 Å². The molecule has 5 atom stereocenters. The molecule has 2 aromatic rings. The van der Waals surface area contributed by atoms with E-state index in [-0.39, 0.29) is 12.1 Å². The van der Waals surface area contributed by atoms with E-state index in [1.807, 2.05) is 11.4 Å². The van der Waals surface area contributed by atoms with E-state index < -0.39 is 18.4 Å².